The smallest absolute Gasteiger partial charge is 0.0246 e. The molecule has 0 saturated heterocycles. The van der Waals surface area contributed by atoms with E-state index in [0.29, 0.717) is 5.41 Å². The summed E-state index contributed by atoms with van der Waals surface area (Å²) in [6.07, 6.45) is 0. The number of rotatable bonds is 1. The first kappa shape index (κ1) is 7.11. The highest BCUT2D eigenvalue weighted by molar-refractivity contribution is 5.04. The van der Waals surface area contributed by atoms with Gasteiger partial charge in [0.25, 0.3) is 0 Å². The van der Waals surface area contributed by atoms with Gasteiger partial charge < -0.3 is 0 Å². The molecule has 0 heterocycles. The van der Waals surface area contributed by atoms with Gasteiger partial charge >= 0.3 is 0 Å². The predicted octanol–water partition coefficient (Wildman–Crippen LogP) is 2.93. The van der Waals surface area contributed by atoms with Crippen LogP contribution in [-0.2, 0) is 0 Å². The molecule has 0 aromatic carbocycles. The molecular formula is C9H18. The zero-order chi connectivity index (χ0) is 7.23. The van der Waals surface area contributed by atoms with Gasteiger partial charge in [-0.2, -0.15) is 0 Å². The Morgan fingerprint density at radius 3 is 1.44 bits per heavy atom. The van der Waals surface area contributed by atoms with Gasteiger partial charge in [-0.3, -0.25) is 0 Å². The molecule has 0 N–H and O–H groups in total. The monoisotopic (exact) mass is 126 g/mol. The summed E-state index contributed by atoms with van der Waals surface area (Å²) in [6.45, 7) is 11.8. The second-order valence-electron chi connectivity index (χ2n) is 4.10. The molecule has 1 saturated carbocycles. The summed E-state index contributed by atoms with van der Waals surface area (Å²) < 4.78 is 0. The van der Waals surface area contributed by atoms with Crippen molar-refractivity contribution in [3.05, 3.63) is 0 Å². The van der Waals surface area contributed by atoms with Crippen LogP contribution in [0.5, 0.6) is 0 Å². The van der Waals surface area contributed by atoms with Crippen molar-refractivity contribution in [3.63, 3.8) is 0 Å². The highest BCUT2D eigenvalue weighted by atomic mass is 14.6. The van der Waals surface area contributed by atoms with Gasteiger partial charge in [-0.15, -0.1) is 0 Å². The molecule has 0 radical (unpaired) electrons. The van der Waals surface area contributed by atoms with Gasteiger partial charge in [0, 0.05) is 0 Å². The molecule has 2 unspecified atom stereocenters. The highest BCUT2D eigenvalue weighted by Crippen LogP contribution is 2.62. The van der Waals surface area contributed by atoms with Crippen molar-refractivity contribution < 1.29 is 0 Å². The summed E-state index contributed by atoms with van der Waals surface area (Å²) in [5, 5.41) is 0. The Bertz CT molecular complexity index is 95.7. The van der Waals surface area contributed by atoms with Crippen LogP contribution < -0.4 is 0 Å². The maximum absolute atomic E-state index is 2.41. The second kappa shape index (κ2) is 1.74. The normalized spacial score (nSPS) is 50.0. The lowest BCUT2D eigenvalue weighted by Gasteiger charge is -2.14. The lowest BCUT2D eigenvalue weighted by Crippen LogP contribution is -2.07. The van der Waals surface area contributed by atoms with Crippen LogP contribution in [0.25, 0.3) is 0 Å². The van der Waals surface area contributed by atoms with Crippen LogP contribution in [0.4, 0.5) is 0 Å². The van der Waals surface area contributed by atoms with Crippen LogP contribution in [0.2, 0.25) is 0 Å². The quantitative estimate of drug-likeness (QED) is 0.506. The van der Waals surface area contributed by atoms with Crippen molar-refractivity contribution in [2.75, 3.05) is 0 Å². The number of hydrogen-bond donors (Lipinski definition) is 0. The molecule has 0 aliphatic heterocycles. The summed E-state index contributed by atoms with van der Waals surface area (Å²) in [5.74, 6) is 2.78. The third-order valence-corrected chi connectivity index (χ3v) is 3.85. The van der Waals surface area contributed by atoms with Crippen molar-refractivity contribution >= 4 is 0 Å². The highest BCUT2D eigenvalue weighted by Gasteiger charge is 2.56. The minimum absolute atomic E-state index is 0.667. The molecule has 54 valence electrons. The molecule has 2 atom stereocenters. The largest absolute Gasteiger partial charge is 0.0622 e. The molecule has 1 fully saturated rings. The average Bonchev–Trinajstić information content (AvgIpc) is 2.22. The molecule has 0 amide bonds. The Labute approximate surface area is 58.7 Å². The molecular weight excluding hydrogens is 108 g/mol. The van der Waals surface area contributed by atoms with E-state index in [-0.39, 0.29) is 0 Å². The first-order valence-electron chi connectivity index (χ1n) is 4.01. The first-order chi connectivity index (χ1) is 4.01. The van der Waals surface area contributed by atoms with E-state index in [0.717, 1.165) is 17.8 Å². The lowest BCUT2D eigenvalue weighted by atomic mass is 9.91. The predicted molar refractivity (Wildman–Crippen MR) is 41.3 cm³/mol. The van der Waals surface area contributed by atoms with E-state index in [1.807, 2.05) is 0 Å². The van der Waals surface area contributed by atoms with Crippen LogP contribution >= 0.6 is 0 Å². The van der Waals surface area contributed by atoms with E-state index in [4.69, 9.17) is 0 Å². The zero-order valence-corrected chi connectivity index (χ0v) is 7.23. The van der Waals surface area contributed by atoms with Crippen LogP contribution in [0.15, 0.2) is 0 Å². The Morgan fingerprint density at radius 1 is 1.11 bits per heavy atom. The van der Waals surface area contributed by atoms with E-state index < -0.39 is 0 Å². The van der Waals surface area contributed by atoms with Gasteiger partial charge in [0.1, 0.15) is 0 Å². The fourth-order valence-corrected chi connectivity index (χ4v) is 2.07. The third-order valence-electron chi connectivity index (χ3n) is 3.85. The molecule has 1 aliphatic carbocycles. The molecule has 1 rings (SSSR count). The van der Waals surface area contributed by atoms with E-state index in [9.17, 15) is 0 Å². The Kier molecular flexibility index (Phi) is 1.38. The van der Waals surface area contributed by atoms with E-state index in [2.05, 4.69) is 34.6 Å². The fourth-order valence-electron chi connectivity index (χ4n) is 2.07. The molecule has 0 nitrogen and oxygen atoms in total. The average molecular weight is 126 g/mol. The standard InChI is InChI=1S/C9H18/c1-6(2)9(5)7(3)8(9)4/h6-8H,1-5H3. The molecule has 0 aromatic rings. The zero-order valence-electron chi connectivity index (χ0n) is 7.23. The van der Waals surface area contributed by atoms with E-state index in [1.54, 1.807) is 0 Å². The third kappa shape index (κ3) is 0.720. The minimum Gasteiger partial charge on any atom is -0.0622 e. The summed E-state index contributed by atoms with van der Waals surface area (Å²) in [5.41, 5.74) is 0.667. The van der Waals surface area contributed by atoms with Gasteiger partial charge in [0.05, 0.1) is 0 Å². The van der Waals surface area contributed by atoms with Gasteiger partial charge in [-0.1, -0.05) is 34.6 Å². The van der Waals surface area contributed by atoms with Gasteiger partial charge in [-0.05, 0) is 23.2 Å². The fraction of sp³-hybridized carbons (Fsp3) is 1.00. The van der Waals surface area contributed by atoms with Crippen molar-refractivity contribution in [2.45, 2.75) is 34.6 Å². The van der Waals surface area contributed by atoms with Crippen LogP contribution in [0.3, 0.4) is 0 Å². The molecule has 0 heteroatoms. The topological polar surface area (TPSA) is 0 Å². The molecule has 0 aromatic heterocycles. The first-order valence-corrected chi connectivity index (χ1v) is 4.01. The molecule has 9 heavy (non-hydrogen) atoms. The lowest BCUT2D eigenvalue weighted by molar-refractivity contribution is 0.347. The maximum Gasteiger partial charge on any atom is -0.0246 e. The van der Waals surface area contributed by atoms with E-state index in [1.165, 1.54) is 0 Å². The Morgan fingerprint density at radius 2 is 1.44 bits per heavy atom. The number of hydrogen-bond acceptors (Lipinski definition) is 0. The van der Waals surface area contributed by atoms with Crippen molar-refractivity contribution in [1.82, 2.24) is 0 Å². The van der Waals surface area contributed by atoms with Crippen molar-refractivity contribution in [1.29, 1.82) is 0 Å². The Hall–Kier alpha value is 0. The summed E-state index contributed by atoms with van der Waals surface area (Å²) >= 11 is 0. The summed E-state index contributed by atoms with van der Waals surface area (Å²) in [4.78, 5) is 0. The second-order valence-corrected chi connectivity index (χ2v) is 4.10. The van der Waals surface area contributed by atoms with Gasteiger partial charge in [0.15, 0.2) is 0 Å². The molecule has 1 aliphatic rings. The van der Waals surface area contributed by atoms with Crippen molar-refractivity contribution in [3.8, 4) is 0 Å². The van der Waals surface area contributed by atoms with Crippen molar-refractivity contribution in [2.24, 2.45) is 23.2 Å². The molecule has 0 spiro atoms. The van der Waals surface area contributed by atoms with E-state index >= 15 is 0 Å². The molecule has 0 bridgehead atoms. The SMILES string of the molecule is CC(C)C1(C)C(C)C1C. The summed E-state index contributed by atoms with van der Waals surface area (Å²) in [6, 6.07) is 0. The Balaban J connectivity index is 2.60. The maximum atomic E-state index is 2.41. The van der Waals surface area contributed by atoms with Gasteiger partial charge in [0.2, 0.25) is 0 Å². The van der Waals surface area contributed by atoms with Crippen LogP contribution in [0, 0.1) is 23.2 Å². The minimum atomic E-state index is 0.667. The summed E-state index contributed by atoms with van der Waals surface area (Å²) in [7, 11) is 0. The van der Waals surface area contributed by atoms with Crippen LogP contribution in [-0.4, -0.2) is 0 Å². The van der Waals surface area contributed by atoms with Gasteiger partial charge in [-0.25, -0.2) is 0 Å². The van der Waals surface area contributed by atoms with Crippen LogP contribution in [0.1, 0.15) is 34.6 Å².